The lowest BCUT2D eigenvalue weighted by molar-refractivity contribution is -0.170. The molecule has 0 amide bonds. The van der Waals surface area contributed by atoms with Crippen LogP contribution >= 0.6 is 11.6 Å². The van der Waals surface area contributed by atoms with Gasteiger partial charge in [-0.05, 0) is 18.2 Å². The molecule has 2 heterocycles. The Kier molecular flexibility index (Phi) is 5.86. The van der Waals surface area contributed by atoms with Crippen molar-refractivity contribution in [2.45, 2.75) is 6.29 Å². The molecule has 10 heteroatoms. The summed E-state index contributed by atoms with van der Waals surface area (Å²) in [5, 5.41) is 4.03. The smallest absolute Gasteiger partial charge is 0.376 e. The van der Waals surface area contributed by atoms with Crippen LogP contribution in [-0.2, 0) is 14.3 Å². The Bertz CT molecular complexity index is 1010. The minimum atomic E-state index is -1.39. The van der Waals surface area contributed by atoms with E-state index < -0.39 is 23.9 Å². The van der Waals surface area contributed by atoms with Crippen molar-refractivity contribution < 1.29 is 27.8 Å². The summed E-state index contributed by atoms with van der Waals surface area (Å²) in [6.07, 6.45) is 1.01. The summed E-state index contributed by atoms with van der Waals surface area (Å²) in [5.74, 6) is -2.21. The largest absolute Gasteiger partial charge is 0.464 e. The zero-order valence-corrected chi connectivity index (χ0v) is 15.5. The normalized spacial score (nSPS) is 11.9. The van der Waals surface area contributed by atoms with Crippen LogP contribution < -0.4 is 4.74 Å². The Morgan fingerprint density at radius 1 is 1.21 bits per heavy atom. The highest BCUT2D eigenvalue weighted by molar-refractivity contribution is 6.30. The maximum atomic E-state index is 14.6. The zero-order valence-electron chi connectivity index (χ0n) is 14.7. The van der Waals surface area contributed by atoms with E-state index in [1.807, 2.05) is 0 Å². The van der Waals surface area contributed by atoms with Crippen molar-refractivity contribution >= 4 is 17.6 Å². The molecule has 1 unspecified atom stereocenters. The Morgan fingerprint density at radius 2 is 2.00 bits per heavy atom. The fourth-order valence-electron chi connectivity index (χ4n) is 2.41. The van der Waals surface area contributed by atoms with Crippen molar-refractivity contribution in [2.75, 3.05) is 14.2 Å². The van der Waals surface area contributed by atoms with Crippen molar-refractivity contribution in [1.82, 2.24) is 14.8 Å². The SMILES string of the molecule is COC(=O)C(OC)Oc1cc(-c2cncc(F)c2)n(-c2cccc(Cl)c2F)n1. The predicted molar refractivity (Wildman–Crippen MR) is 95.2 cm³/mol. The van der Waals surface area contributed by atoms with E-state index in [4.69, 9.17) is 21.1 Å². The lowest BCUT2D eigenvalue weighted by Gasteiger charge is -2.12. The molecule has 0 aliphatic carbocycles. The first kappa shape index (κ1) is 19.7. The molecule has 3 rings (SSSR count). The molecule has 0 spiro atoms. The van der Waals surface area contributed by atoms with Gasteiger partial charge in [-0.3, -0.25) is 4.98 Å². The van der Waals surface area contributed by atoms with Gasteiger partial charge in [0.05, 0.1) is 24.0 Å². The average molecular weight is 410 g/mol. The zero-order chi connectivity index (χ0) is 20.3. The molecule has 2 aromatic heterocycles. The second-order valence-corrected chi connectivity index (χ2v) is 5.86. The standard InChI is InChI=1S/C18H14ClF2N3O4/c1-26-17(25)18(27-2)28-15-7-14(10-6-11(20)9-22-8-10)24(23-15)13-5-3-4-12(19)16(13)21/h3-9,18H,1-2H3. The number of rotatable bonds is 6. The van der Waals surface area contributed by atoms with Gasteiger partial charge < -0.3 is 14.2 Å². The average Bonchev–Trinajstić information content (AvgIpc) is 3.11. The van der Waals surface area contributed by atoms with E-state index in [0.29, 0.717) is 5.56 Å². The monoisotopic (exact) mass is 409 g/mol. The van der Waals surface area contributed by atoms with E-state index in [2.05, 4.69) is 14.8 Å². The molecule has 0 N–H and O–H groups in total. The van der Waals surface area contributed by atoms with Crippen LogP contribution in [0, 0.1) is 11.6 Å². The van der Waals surface area contributed by atoms with E-state index in [9.17, 15) is 13.6 Å². The number of benzene rings is 1. The second kappa shape index (κ2) is 8.32. The number of methoxy groups -OCH3 is 2. The van der Waals surface area contributed by atoms with Crippen LogP contribution in [0.2, 0.25) is 5.02 Å². The minimum Gasteiger partial charge on any atom is -0.464 e. The van der Waals surface area contributed by atoms with Crippen LogP contribution in [0.4, 0.5) is 8.78 Å². The number of carbonyl (C=O) groups excluding carboxylic acids is 1. The van der Waals surface area contributed by atoms with Crippen LogP contribution in [0.1, 0.15) is 0 Å². The van der Waals surface area contributed by atoms with E-state index in [0.717, 1.165) is 10.9 Å². The summed E-state index contributed by atoms with van der Waals surface area (Å²) < 4.78 is 44.2. The van der Waals surface area contributed by atoms with Crippen LogP contribution in [0.15, 0.2) is 42.7 Å². The number of pyridine rings is 1. The topological polar surface area (TPSA) is 75.5 Å². The summed E-state index contributed by atoms with van der Waals surface area (Å²) in [5.41, 5.74) is 0.547. The number of halogens is 3. The molecule has 146 valence electrons. The molecule has 0 radical (unpaired) electrons. The van der Waals surface area contributed by atoms with Gasteiger partial charge >= 0.3 is 12.3 Å². The summed E-state index contributed by atoms with van der Waals surface area (Å²) >= 11 is 5.86. The van der Waals surface area contributed by atoms with Crippen LogP contribution in [-0.4, -0.2) is 41.2 Å². The Labute approximate surface area is 163 Å². The first-order valence-electron chi connectivity index (χ1n) is 7.87. The van der Waals surface area contributed by atoms with E-state index in [1.54, 1.807) is 0 Å². The predicted octanol–water partition coefficient (Wildman–Crippen LogP) is 3.39. The lowest BCUT2D eigenvalue weighted by Crippen LogP contribution is -2.30. The number of aromatic nitrogens is 3. The third-order valence-corrected chi connectivity index (χ3v) is 3.97. The Balaban J connectivity index is 2.12. The third-order valence-electron chi connectivity index (χ3n) is 3.68. The quantitative estimate of drug-likeness (QED) is 0.459. The summed E-state index contributed by atoms with van der Waals surface area (Å²) in [6.45, 7) is 0. The highest BCUT2D eigenvalue weighted by Crippen LogP contribution is 2.30. The van der Waals surface area contributed by atoms with Crippen molar-refractivity contribution in [3.63, 3.8) is 0 Å². The van der Waals surface area contributed by atoms with Crippen LogP contribution in [0.3, 0.4) is 0 Å². The van der Waals surface area contributed by atoms with Crippen molar-refractivity contribution in [2.24, 2.45) is 0 Å². The summed E-state index contributed by atoms with van der Waals surface area (Å²) in [4.78, 5) is 15.5. The van der Waals surface area contributed by atoms with E-state index in [1.165, 1.54) is 50.7 Å². The molecule has 0 aliphatic rings. The molecule has 28 heavy (non-hydrogen) atoms. The van der Waals surface area contributed by atoms with Gasteiger partial charge in [-0.2, -0.15) is 0 Å². The summed E-state index contributed by atoms with van der Waals surface area (Å²) in [6, 6.07) is 6.92. The molecule has 1 aromatic carbocycles. The maximum absolute atomic E-state index is 14.6. The van der Waals surface area contributed by atoms with Gasteiger partial charge in [0.2, 0.25) is 5.88 Å². The lowest BCUT2D eigenvalue weighted by atomic mass is 10.2. The molecular weight excluding hydrogens is 396 g/mol. The van der Waals surface area contributed by atoms with Crippen LogP contribution in [0.5, 0.6) is 5.88 Å². The van der Waals surface area contributed by atoms with Gasteiger partial charge in [0.15, 0.2) is 5.82 Å². The van der Waals surface area contributed by atoms with Crippen molar-refractivity contribution in [1.29, 1.82) is 0 Å². The molecule has 0 fully saturated rings. The van der Waals surface area contributed by atoms with E-state index >= 15 is 0 Å². The molecule has 0 aliphatic heterocycles. The van der Waals surface area contributed by atoms with Crippen molar-refractivity contribution in [3.8, 4) is 22.8 Å². The highest BCUT2D eigenvalue weighted by atomic mass is 35.5. The second-order valence-electron chi connectivity index (χ2n) is 5.45. The molecule has 0 saturated heterocycles. The first-order chi connectivity index (χ1) is 13.4. The van der Waals surface area contributed by atoms with Gasteiger partial charge in [-0.25, -0.2) is 18.3 Å². The third kappa shape index (κ3) is 3.95. The number of hydrogen-bond acceptors (Lipinski definition) is 6. The molecule has 3 aromatic rings. The summed E-state index contributed by atoms with van der Waals surface area (Å²) in [7, 11) is 2.41. The first-order valence-corrected chi connectivity index (χ1v) is 8.25. The Morgan fingerprint density at radius 3 is 2.68 bits per heavy atom. The molecule has 1 atom stereocenters. The number of nitrogens with zero attached hydrogens (tertiary/aromatic N) is 3. The fraction of sp³-hybridized carbons (Fsp3) is 0.167. The molecule has 0 saturated carbocycles. The highest BCUT2D eigenvalue weighted by Gasteiger charge is 2.24. The fourth-order valence-corrected chi connectivity index (χ4v) is 2.58. The molecule has 7 nitrogen and oxygen atoms in total. The van der Waals surface area contributed by atoms with Crippen molar-refractivity contribution in [3.05, 3.63) is 59.4 Å². The number of esters is 1. The van der Waals surface area contributed by atoms with Gasteiger partial charge in [0.1, 0.15) is 11.5 Å². The molecular formula is C18H14ClF2N3O4. The van der Waals surface area contributed by atoms with Gasteiger partial charge in [-0.1, -0.05) is 17.7 Å². The molecule has 0 bridgehead atoms. The number of carbonyl (C=O) groups is 1. The van der Waals surface area contributed by atoms with Crippen LogP contribution in [0.25, 0.3) is 16.9 Å². The van der Waals surface area contributed by atoms with E-state index in [-0.39, 0.29) is 22.3 Å². The van der Waals surface area contributed by atoms with Gasteiger partial charge in [-0.15, -0.1) is 5.10 Å². The van der Waals surface area contributed by atoms with Gasteiger partial charge in [0.25, 0.3) is 0 Å². The van der Waals surface area contributed by atoms with Gasteiger partial charge in [0, 0.05) is 24.9 Å². The number of ether oxygens (including phenoxy) is 3. The maximum Gasteiger partial charge on any atom is 0.376 e. The minimum absolute atomic E-state index is 0.00588. The Hall–Kier alpha value is -3.04. The number of hydrogen-bond donors (Lipinski definition) is 0.